The molecule has 0 aromatic heterocycles. The maximum absolute atomic E-state index is 11.5. The molecule has 1 aromatic carbocycles. The molecule has 17 heavy (non-hydrogen) atoms. The number of aliphatic carboxylic acids is 1. The SMILES string of the molecule is CC(C)c1cc(CC(=O)O)cc(S(C)(=O)=O)c1. The maximum Gasteiger partial charge on any atom is 0.307 e. The van der Waals surface area contributed by atoms with Crippen LogP contribution in [-0.4, -0.2) is 25.7 Å². The van der Waals surface area contributed by atoms with Gasteiger partial charge in [-0.25, -0.2) is 8.42 Å². The average Bonchev–Trinajstić information content (AvgIpc) is 2.14. The zero-order chi connectivity index (χ0) is 13.2. The molecular weight excluding hydrogens is 240 g/mol. The van der Waals surface area contributed by atoms with Gasteiger partial charge < -0.3 is 5.11 Å². The van der Waals surface area contributed by atoms with Gasteiger partial charge in [0.05, 0.1) is 11.3 Å². The Morgan fingerprint density at radius 2 is 1.88 bits per heavy atom. The molecule has 0 heterocycles. The van der Waals surface area contributed by atoms with E-state index in [0.717, 1.165) is 11.8 Å². The Balaban J connectivity index is 3.34. The van der Waals surface area contributed by atoms with Gasteiger partial charge >= 0.3 is 5.97 Å². The first-order valence-electron chi connectivity index (χ1n) is 5.26. The predicted molar refractivity (Wildman–Crippen MR) is 65.0 cm³/mol. The smallest absolute Gasteiger partial charge is 0.307 e. The highest BCUT2D eigenvalue weighted by Gasteiger charge is 2.13. The second kappa shape index (κ2) is 4.87. The molecule has 0 saturated carbocycles. The normalized spacial score (nSPS) is 11.8. The van der Waals surface area contributed by atoms with E-state index in [-0.39, 0.29) is 17.2 Å². The third-order valence-corrected chi connectivity index (χ3v) is 3.53. The first-order valence-corrected chi connectivity index (χ1v) is 7.15. The van der Waals surface area contributed by atoms with Gasteiger partial charge in [0.15, 0.2) is 9.84 Å². The summed E-state index contributed by atoms with van der Waals surface area (Å²) >= 11 is 0. The molecule has 0 amide bonds. The predicted octanol–water partition coefficient (Wildman–Crippen LogP) is 1.84. The summed E-state index contributed by atoms with van der Waals surface area (Å²) in [6.45, 7) is 3.87. The van der Waals surface area contributed by atoms with Gasteiger partial charge in [-0.05, 0) is 29.2 Å². The van der Waals surface area contributed by atoms with Crippen molar-refractivity contribution in [3.8, 4) is 0 Å². The van der Waals surface area contributed by atoms with Crippen LogP contribution in [0.2, 0.25) is 0 Å². The lowest BCUT2D eigenvalue weighted by Gasteiger charge is -2.10. The number of carbonyl (C=O) groups is 1. The topological polar surface area (TPSA) is 71.4 Å². The minimum Gasteiger partial charge on any atom is -0.481 e. The molecule has 0 fully saturated rings. The Kier molecular flexibility index (Phi) is 3.93. The van der Waals surface area contributed by atoms with Crippen LogP contribution in [0.25, 0.3) is 0 Å². The van der Waals surface area contributed by atoms with Crippen molar-refractivity contribution in [2.24, 2.45) is 0 Å². The first kappa shape index (κ1) is 13.7. The van der Waals surface area contributed by atoms with Crippen molar-refractivity contribution in [3.63, 3.8) is 0 Å². The van der Waals surface area contributed by atoms with Crippen LogP contribution in [0.3, 0.4) is 0 Å². The fourth-order valence-electron chi connectivity index (χ4n) is 1.51. The minimum absolute atomic E-state index is 0.157. The Labute approximate surface area is 101 Å². The molecule has 0 aliphatic heterocycles. The van der Waals surface area contributed by atoms with Crippen molar-refractivity contribution < 1.29 is 18.3 Å². The van der Waals surface area contributed by atoms with Gasteiger partial charge in [-0.1, -0.05) is 19.9 Å². The lowest BCUT2D eigenvalue weighted by atomic mass is 10.00. The van der Waals surface area contributed by atoms with Crippen LogP contribution in [0.1, 0.15) is 30.9 Å². The van der Waals surface area contributed by atoms with E-state index >= 15 is 0 Å². The summed E-state index contributed by atoms with van der Waals surface area (Å²) in [5, 5.41) is 8.74. The van der Waals surface area contributed by atoms with Crippen molar-refractivity contribution in [2.45, 2.75) is 31.1 Å². The summed E-state index contributed by atoms with van der Waals surface area (Å²) in [4.78, 5) is 10.8. The van der Waals surface area contributed by atoms with E-state index in [1.807, 2.05) is 13.8 Å². The number of carboxylic acids is 1. The Morgan fingerprint density at radius 1 is 1.29 bits per heavy atom. The summed E-state index contributed by atoms with van der Waals surface area (Å²) in [6.07, 6.45) is 0.958. The summed E-state index contributed by atoms with van der Waals surface area (Å²) in [7, 11) is -3.31. The summed E-state index contributed by atoms with van der Waals surface area (Å²) < 4.78 is 23.0. The average molecular weight is 256 g/mol. The highest BCUT2D eigenvalue weighted by molar-refractivity contribution is 7.90. The van der Waals surface area contributed by atoms with Crippen molar-refractivity contribution in [1.29, 1.82) is 0 Å². The quantitative estimate of drug-likeness (QED) is 0.892. The van der Waals surface area contributed by atoms with Gasteiger partial charge in [0, 0.05) is 6.26 Å². The molecule has 0 saturated heterocycles. The van der Waals surface area contributed by atoms with Crippen molar-refractivity contribution in [2.75, 3.05) is 6.26 Å². The van der Waals surface area contributed by atoms with E-state index in [4.69, 9.17) is 5.11 Å². The lowest BCUT2D eigenvalue weighted by Crippen LogP contribution is -2.05. The number of hydrogen-bond acceptors (Lipinski definition) is 3. The maximum atomic E-state index is 11.5. The molecule has 0 atom stereocenters. The molecule has 0 spiro atoms. The van der Waals surface area contributed by atoms with Gasteiger partial charge in [-0.2, -0.15) is 0 Å². The van der Waals surface area contributed by atoms with Crippen LogP contribution in [0, 0.1) is 0 Å². The highest BCUT2D eigenvalue weighted by atomic mass is 32.2. The summed E-state index contributed by atoms with van der Waals surface area (Å²) in [5.41, 5.74) is 1.35. The molecule has 0 aliphatic carbocycles. The van der Waals surface area contributed by atoms with Crippen LogP contribution < -0.4 is 0 Å². The molecule has 0 bridgehead atoms. The number of carboxylic acid groups (broad SMARTS) is 1. The Hall–Kier alpha value is -1.36. The molecular formula is C12H16O4S. The van der Waals surface area contributed by atoms with E-state index in [0.29, 0.717) is 5.56 Å². The monoisotopic (exact) mass is 256 g/mol. The van der Waals surface area contributed by atoms with Crippen LogP contribution in [-0.2, 0) is 21.1 Å². The Morgan fingerprint density at radius 3 is 2.29 bits per heavy atom. The second-order valence-electron chi connectivity index (χ2n) is 4.41. The van der Waals surface area contributed by atoms with Crippen LogP contribution in [0.15, 0.2) is 23.1 Å². The molecule has 1 rings (SSSR count). The van der Waals surface area contributed by atoms with Gasteiger partial charge in [0.1, 0.15) is 0 Å². The summed E-state index contributed by atoms with van der Waals surface area (Å²) in [6, 6.07) is 4.77. The first-order chi connectivity index (χ1) is 7.70. The summed E-state index contributed by atoms with van der Waals surface area (Å²) in [5.74, 6) is -0.811. The fraction of sp³-hybridized carbons (Fsp3) is 0.417. The largest absolute Gasteiger partial charge is 0.481 e. The van der Waals surface area contributed by atoms with Crippen molar-refractivity contribution >= 4 is 15.8 Å². The Bertz CT molecular complexity index is 529. The van der Waals surface area contributed by atoms with Crippen LogP contribution >= 0.6 is 0 Å². The second-order valence-corrected chi connectivity index (χ2v) is 6.42. The molecule has 1 N–H and O–H groups in total. The zero-order valence-electron chi connectivity index (χ0n) is 10.1. The number of sulfone groups is 1. The molecule has 0 unspecified atom stereocenters. The van der Waals surface area contributed by atoms with Gasteiger partial charge in [-0.15, -0.1) is 0 Å². The van der Waals surface area contributed by atoms with Crippen molar-refractivity contribution in [1.82, 2.24) is 0 Å². The molecule has 94 valence electrons. The fourth-order valence-corrected chi connectivity index (χ4v) is 2.23. The zero-order valence-corrected chi connectivity index (χ0v) is 10.9. The van der Waals surface area contributed by atoms with Gasteiger partial charge in [0.2, 0.25) is 0 Å². The van der Waals surface area contributed by atoms with Gasteiger partial charge in [0.25, 0.3) is 0 Å². The highest BCUT2D eigenvalue weighted by Crippen LogP contribution is 2.21. The van der Waals surface area contributed by atoms with E-state index < -0.39 is 15.8 Å². The third kappa shape index (κ3) is 3.85. The third-order valence-electron chi connectivity index (χ3n) is 2.44. The van der Waals surface area contributed by atoms with Gasteiger partial charge in [-0.3, -0.25) is 4.79 Å². The lowest BCUT2D eigenvalue weighted by molar-refractivity contribution is -0.136. The molecule has 0 radical (unpaired) electrons. The molecule has 4 nitrogen and oxygen atoms in total. The number of rotatable bonds is 4. The van der Waals surface area contributed by atoms with E-state index in [1.165, 1.54) is 6.07 Å². The van der Waals surface area contributed by atoms with Crippen molar-refractivity contribution in [3.05, 3.63) is 29.3 Å². The van der Waals surface area contributed by atoms with E-state index in [1.54, 1.807) is 12.1 Å². The van der Waals surface area contributed by atoms with E-state index in [9.17, 15) is 13.2 Å². The number of benzene rings is 1. The van der Waals surface area contributed by atoms with Crippen LogP contribution in [0.5, 0.6) is 0 Å². The molecule has 1 aromatic rings. The molecule has 0 aliphatic rings. The standard InChI is InChI=1S/C12H16O4S/c1-8(2)10-4-9(6-12(13)14)5-11(7-10)17(3,15)16/h4-5,7-8H,6H2,1-3H3,(H,13,14). The van der Waals surface area contributed by atoms with E-state index in [2.05, 4.69) is 0 Å². The molecule has 5 heteroatoms. The van der Waals surface area contributed by atoms with Crippen LogP contribution in [0.4, 0.5) is 0 Å². The minimum atomic E-state index is -3.31. The number of hydrogen-bond donors (Lipinski definition) is 1.